The van der Waals surface area contributed by atoms with Crippen LogP contribution in [0, 0.1) is 5.41 Å². The maximum absolute atomic E-state index is 4.85. The van der Waals surface area contributed by atoms with Crippen molar-refractivity contribution in [1.29, 1.82) is 0 Å². The summed E-state index contributed by atoms with van der Waals surface area (Å²) in [6, 6.07) is 0.334. The van der Waals surface area contributed by atoms with E-state index in [1.807, 2.05) is 37.5 Å². The standard InChI is InChI=1S/C25H36N4/c1-19(17-21-12-13-22-9-8-15-25(22,3)18-21)28-29(5)20(2)11-14-23(26-4)24-10-6-7-16-27-24/h6-7,10-14,16,20,24,27H,8-9,15,17-18H2,1-5H3/b14-11-,26-23?,28-19+. The van der Waals surface area contributed by atoms with Crippen LogP contribution in [-0.4, -0.2) is 42.6 Å². The van der Waals surface area contributed by atoms with Crippen molar-refractivity contribution in [2.75, 3.05) is 14.1 Å². The molecule has 0 radical (unpaired) electrons. The van der Waals surface area contributed by atoms with Gasteiger partial charge in [-0.1, -0.05) is 48.5 Å². The van der Waals surface area contributed by atoms with E-state index >= 15 is 0 Å². The summed E-state index contributed by atoms with van der Waals surface area (Å²) in [7, 11) is 3.89. The largest absolute Gasteiger partial charge is 0.379 e. The smallest absolute Gasteiger partial charge is 0.0863 e. The lowest BCUT2D eigenvalue weighted by molar-refractivity contribution is 0.313. The first-order chi connectivity index (χ1) is 13.9. The van der Waals surface area contributed by atoms with Crippen LogP contribution >= 0.6 is 0 Å². The highest BCUT2D eigenvalue weighted by atomic mass is 15.4. The summed E-state index contributed by atoms with van der Waals surface area (Å²) in [5, 5.41) is 10.2. The van der Waals surface area contributed by atoms with Crippen LogP contribution in [0.2, 0.25) is 0 Å². The van der Waals surface area contributed by atoms with E-state index in [9.17, 15) is 0 Å². The molecule has 1 fully saturated rings. The van der Waals surface area contributed by atoms with Crippen LogP contribution in [-0.2, 0) is 0 Å². The zero-order chi connectivity index (χ0) is 20.9. The Bertz CT molecular complexity index is 809. The number of allylic oxidation sites excluding steroid dienone is 6. The van der Waals surface area contributed by atoms with Gasteiger partial charge >= 0.3 is 0 Å². The average molecular weight is 393 g/mol. The van der Waals surface area contributed by atoms with E-state index < -0.39 is 0 Å². The fourth-order valence-corrected chi connectivity index (χ4v) is 4.55. The van der Waals surface area contributed by atoms with Gasteiger partial charge in [0, 0.05) is 26.2 Å². The van der Waals surface area contributed by atoms with Crippen molar-refractivity contribution in [3.63, 3.8) is 0 Å². The SMILES string of the molecule is CN=C(/C=C\C(C)N(C)/N=C(\C)CC1=CC=C2CCCC2(C)C1)C1C=CC=CN1. The molecule has 3 rings (SSSR count). The topological polar surface area (TPSA) is 40.0 Å². The van der Waals surface area contributed by atoms with Gasteiger partial charge in [0.2, 0.25) is 0 Å². The van der Waals surface area contributed by atoms with E-state index in [1.54, 1.807) is 5.57 Å². The maximum atomic E-state index is 4.85. The lowest BCUT2D eigenvalue weighted by Gasteiger charge is -2.30. The Labute approximate surface area is 176 Å². The molecule has 4 nitrogen and oxygen atoms in total. The number of nitrogens with one attached hydrogen (secondary N) is 1. The first kappa shape index (κ1) is 21.4. The van der Waals surface area contributed by atoms with E-state index in [0.29, 0.717) is 5.41 Å². The molecule has 4 heteroatoms. The minimum atomic E-state index is 0.136. The molecule has 0 aromatic heterocycles. The third kappa shape index (κ3) is 5.37. The highest BCUT2D eigenvalue weighted by Crippen LogP contribution is 2.49. The highest BCUT2D eigenvalue weighted by Gasteiger charge is 2.35. The molecule has 0 bridgehead atoms. The van der Waals surface area contributed by atoms with Gasteiger partial charge in [-0.25, -0.2) is 0 Å². The van der Waals surface area contributed by atoms with Gasteiger partial charge in [0.15, 0.2) is 0 Å². The zero-order valence-corrected chi connectivity index (χ0v) is 18.7. The quantitative estimate of drug-likeness (QED) is 0.478. The van der Waals surface area contributed by atoms with Gasteiger partial charge in [-0.05, 0) is 63.3 Å². The van der Waals surface area contributed by atoms with Gasteiger partial charge in [0.05, 0.1) is 17.8 Å². The number of nitrogens with zero attached hydrogens (tertiary/aromatic N) is 3. The van der Waals surface area contributed by atoms with Gasteiger partial charge in [-0.3, -0.25) is 10.0 Å². The summed E-state index contributed by atoms with van der Waals surface area (Å²) in [4.78, 5) is 4.43. The third-order valence-corrected chi connectivity index (χ3v) is 6.40. The molecule has 3 unspecified atom stereocenters. The Hall–Kier alpha value is -2.36. The Morgan fingerprint density at radius 1 is 1.38 bits per heavy atom. The molecule has 0 saturated heterocycles. The van der Waals surface area contributed by atoms with Gasteiger partial charge in [-0.15, -0.1) is 0 Å². The molecule has 0 amide bonds. The molecular formula is C25H36N4. The summed E-state index contributed by atoms with van der Waals surface area (Å²) >= 11 is 0. The Morgan fingerprint density at radius 3 is 2.93 bits per heavy atom. The van der Waals surface area contributed by atoms with Crippen LogP contribution in [0.1, 0.15) is 52.9 Å². The van der Waals surface area contributed by atoms with Crippen molar-refractivity contribution >= 4 is 11.4 Å². The molecule has 1 saturated carbocycles. The van der Waals surface area contributed by atoms with E-state index in [2.05, 4.69) is 61.5 Å². The van der Waals surface area contributed by atoms with Crippen LogP contribution in [0.5, 0.6) is 0 Å². The molecule has 3 aliphatic rings. The van der Waals surface area contributed by atoms with Crippen molar-refractivity contribution in [3.8, 4) is 0 Å². The highest BCUT2D eigenvalue weighted by molar-refractivity contribution is 6.00. The van der Waals surface area contributed by atoms with Gasteiger partial charge < -0.3 is 5.32 Å². The Kier molecular flexibility index (Phi) is 6.94. The van der Waals surface area contributed by atoms with Gasteiger partial charge in [0.1, 0.15) is 0 Å². The fourth-order valence-electron chi connectivity index (χ4n) is 4.55. The number of hydrazone groups is 1. The normalized spacial score (nSPS) is 28.1. The monoisotopic (exact) mass is 392 g/mol. The number of rotatable bonds is 7. The van der Waals surface area contributed by atoms with Crippen LogP contribution < -0.4 is 5.32 Å². The summed E-state index contributed by atoms with van der Waals surface area (Å²) in [5.74, 6) is 0. The molecule has 0 aromatic carbocycles. The predicted octanol–water partition coefficient (Wildman–Crippen LogP) is 5.19. The molecule has 1 aliphatic heterocycles. The lowest BCUT2D eigenvalue weighted by Crippen LogP contribution is -2.32. The number of hydrogen-bond acceptors (Lipinski definition) is 4. The Morgan fingerprint density at radius 2 is 2.21 bits per heavy atom. The van der Waals surface area contributed by atoms with Crippen molar-refractivity contribution in [3.05, 3.63) is 59.9 Å². The lowest BCUT2D eigenvalue weighted by atomic mass is 9.75. The molecule has 3 atom stereocenters. The summed E-state index contributed by atoms with van der Waals surface area (Å²) < 4.78 is 0. The van der Waals surface area contributed by atoms with E-state index in [1.165, 1.54) is 37.0 Å². The molecule has 1 N–H and O–H groups in total. The minimum absolute atomic E-state index is 0.136. The predicted molar refractivity (Wildman–Crippen MR) is 125 cm³/mol. The number of hydrogen-bond donors (Lipinski definition) is 1. The van der Waals surface area contributed by atoms with Crippen molar-refractivity contribution < 1.29 is 0 Å². The van der Waals surface area contributed by atoms with Crippen LogP contribution in [0.15, 0.2) is 70.0 Å². The number of likely N-dealkylation sites (N-methyl/N-ethyl adjacent to an activating group) is 1. The zero-order valence-electron chi connectivity index (χ0n) is 18.7. The molecule has 156 valence electrons. The second-order valence-electron chi connectivity index (χ2n) is 8.83. The number of fused-ring (bicyclic) bond motifs is 1. The van der Waals surface area contributed by atoms with Crippen molar-refractivity contribution in [2.24, 2.45) is 15.5 Å². The van der Waals surface area contributed by atoms with E-state index in [-0.39, 0.29) is 12.1 Å². The first-order valence-electron chi connectivity index (χ1n) is 10.8. The second kappa shape index (κ2) is 9.43. The number of dihydropyridines is 1. The summed E-state index contributed by atoms with van der Waals surface area (Å²) in [5.41, 5.74) is 5.76. The van der Waals surface area contributed by atoms with Crippen LogP contribution in [0.4, 0.5) is 0 Å². The Balaban J connectivity index is 1.56. The minimum Gasteiger partial charge on any atom is -0.379 e. The van der Waals surface area contributed by atoms with Crippen molar-refractivity contribution in [1.82, 2.24) is 10.3 Å². The van der Waals surface area contributed by atoms with Gasteiger partial charge in [-0.2, -0.15) is 5.10 Å². The second-order valence-corrected chi connectivity index (χ2v) is 8.83. The van der Waals surface area contributed by atoms with Crippen molar-refractivity contribution in [2.45, 2.75) is 65.0 Å². The fraction of sp³-hybridized carbons (Fsp3) is 0.520. The first-order valence-corrected chi connectivity index (χ1v) is 10.8. The molecule has 0 spiro atoms. The van der Waals surface area contributed by atoms with Crippen LogP contribution in [0.25, 0.3) is 0 Å². The third-order valence-electron chi connectivity index (χ3n) is 6.40. The maximum Gasteiger partial charge on any atom is 0.0863 e. The molecule has 1 heterocycles. The summed E-state index contributed by atoms with van der Waals surface area (Å²) in [6.45, 7) is 6.74. The molecule has 2 aliphatic carbocycles. The molecule has 29 heavy (non-hydrogen) atoms. The van der Waals surface area contributed by atoms with Crippen LogP contribution in [0.3, 0.4) is 0 Å². The molecular weight excluding hydrogens is 356 g/mol. The van der Waals surface area contributed by atoms with E-state index in [4.69, 9.17) is 5.10 Å². The molecule has 0 aromatic rings. The summed E-state index contributed by atoms with van der Waals surface area (Å²) in [6.07, 6.45) is 23.2. The average Bonchev–Trinajstić information content (AvgIpc) is 3.09. The van der Waals surface area contributed by atoms with Gasteiger partial charge in [0.25, 0.3) is 0 Å². The number of aliphatic imine (C=N–C) groups is 1. The van der Waals surface area contributed by atoms with E-state index in [0.717, 1.165) is 12.1 Å².